The zero-order chi connectivity index (χ0) is 14.8. The summed E-state index contributed by atoms with van der Waals surface area (Å²) in [6.45, 7) is 0. The molecular formula is C15H9N3O2S. The minimum Gasteiger partial charge on any atom is -0.463 e. The predicted molar refractivity (Wildman–Crippen MR) is 78.8 cm³/mol. The van der Waals surface area contributed by atoms with Crippen LogP contribution >= 0.6 is 11.3 Å². The molecule has 0 saturated heterocycles. The van der Waals surface area contributed by atoms with Crippen LogP contribution in [0.25, 0.3) is 11.5 Å². The molecule has 2 heterocycles. The highest BCUT2D eigenvalue weighted by Crippen LogP contribution is 2.31. The highest BCUT2D eigenvalue weighted by Gasteiger charge is 2.21. The van der Waals surface area contributed by atoms with Crippen LogP contribution in [-0.2, 0) is 0 Å². The standard InChI is InChI=1S/C15H9N3O2S/c16-8-9-3-1-4-10(7-9)13(19)14-12(18-15(17)21-14)11-5-2-6-20-11/h1-7H,(H2,17,18). The Labute approximate surface area is 124 Å². The van der Waals surface area contributed by atoms with Crippen LogP contribution in [0.1, 0.15) is 20.8 Å². The summed E-state index contributed by atoms with van der Waals surface area (Å²) < 4.78 is 5.29. The second-order valence-electron chi connectivity index (χ2n) is 4.23. The molecule has 2 aromatic heterocycles. The fourth-order valence-electron chi connectivity index (χ4n) is 1.93. The second kappa shape index (κ2) is 5.23. The molecule has 0 unspecified atom stereocenters. The van der Waals surface area contributed by atoms with E-state index in [1.807, 2.05) is 6.07 Å². The molecule has 0 aliphatic heterocycles. The van der Waals surface area contributed by atoms with E-state index >= 15 is 0 Å². The van der Waals surface area contributed by atoms with E-state index in [1.54, 1.807) is 36.4 Å². The number of ketones is 1. The van der Waals surface area contributed by atoms with Gasteiger partial charge in [0.05, 0.1) is 17.9 Å². The van der Waals surface area contributed by atoms with Crippen LogP contribution in [0.3, 0.4) is 0 Å². The molecule has 21 heavy (non-hydrogen) atoms. The summed E-state index contributed by atoms with van der Waals surface area (Å²) in [4.78, 5) is 17.2. The zero-order valence-electron chi connectivity index (χ0n) is 10.7. The molecule has 2 N–H and O–H groups in total. The number of thiazole rings is 1. The molecule has 0 amide bonds. The summed E-state index contributed by atoms with van der Waals surface area (Å²) in [5.74, 6) is 0.260. The first-order valence-corrected chi connectivity index (χ1v) is 6.85. The third-order valence-electron chi connectivity index (χ3n) is 2.86. The Hall–Kier alpha value is -2.91. The van der Waals surface area contributed by atoms with Crippen molar-refractivity contribution in [3.63, 3.8) is 0 Å². The first kappa shape index (κ1) is 13.1. The van der Waals surface area contributed by atoms with Gasteiger partial charge in [0.25, 0.3) is 0 Å². The maximum atomic E-state index is 12.6. The first-order chi connectivity index (χ1) is 10.2. The van der Waals surface area contributed by atoms with E-state index in [2.05, 4.69) is 4.98 Å². The molecule has 0 saturated carbocycles. The molecule has 0 bridgehead atoms. The smallest absolute Gasteiger partial charge is 0.205 e. The van der Waals surface area contributed by atoms with Gasteiger partial charge in [0.1, 0.15) is 10.6 Å². The molecule has 0 spiro atoms. The summed E-state index contributed by atoms with van der Waals surface area (Å²) in [6, 6.07) is 12.0. The van der Waals surface area contributed by atoms with Crippen molar-refractivity contribution in [2.24, 2.45) is 0 Å². The number of aromatic nitrogens is 1. The summed E-state index contributed by atoms with van der Waals surface area (Å²) in [5, 5.41) is 9.21. The van der Waals surface area contributed by atoms with E-state index in [4.69, 9.17) is 15.4 Å². The number of furan rings is 1. The Morgan fingerprint density at radius 1 is 1.33 bits per heavy atom. The van der Waals surface area contributed by atoms with Gasteiger partial charge in [-0.3, -0.25) is 4.79 Å². The summed E-state index contributed by atoms with van der Waals surface area (Å²) in [7, 11) is 0. The minimum absolute atomic E-state index is 0.229. The fraction of sp³-hybridized carbons (Fsp3) is 0. The monoisotopic (exact) mass is 295 g/mol. The van der Waals surface area contributed by atoms with Crippen LogP contribution in [0.4, 0.5) is 5.13 Å². The van der Waals surface area contributed by atoms with Crippen molar-refractivity contribution in [2.45, 2.75) is 0 Å². The van der Waals surface area contributed by atoms with Crippen molar-refractivity contribution >= 4 is 22.3 Å². The number of nitrogens with two attached hydrogens (primary N) is 1. The maximum absolute atomic E-state index is 12.6. The van der Waals surface area contributed by atoms with Gasteiger partial charge in [0.15, 0.2) is 10.9 Å². The second-order valence-corrected chi connectivity index (χ2v) is 5.26. The van der Waals surface area contributed by atoms with Crippen LogP contribution in [0.15, 0.2) is 47.1 Å². The van der Waals surface area contributed by atoms with E-state index in [1.165, 1.54) is 6.26 Å². The molecule has 102 valence electrons. The molecule has 0 atom stereocenters. The summed E-state index contributed by atoms with van der Waals surface area (Å²) in [5.41, 5.74) is 6.99. The summed E-state index contributed by atoms with van der Waals surface area (Å²) >= 11 is 1.10. The van der Waals surface area contributed by atoms with Crippen molar-refractivity contribution in [2.75, 3.05) is 5.73 Å². The lowest BCUT2D eigenvalue weighted by Gasteiger charge is -2.00. The van der Waals surface area contributed by atoms with Crippen LogP contribution in [-0.4, -0.2) is 10.8 Å². The van der Waals surface area contributed by atoms with Crippen LogP contribution in [0.5, 0.6) is 0 Å². The number of carbonyl (C=O) groups is 1. The van der Waals surface area contributed by atoms with Gasteiger partial charge in [-0.25, -0.2) is 4.98 Å². The largest absolute Gasteiger partial charge is 0.463 e. The van der Waals surface area contributed by atoms with Gasteiger partial charge in [-0.2, -0.15) is 5.26 Å². The molecule has 0 fully saturated rings. The fourth-order valence-corrected chi connectivity index (χ4v) is 2.73. The average Bonchev–Trinajstić information content (AvgIpc) is 3.15. The molecule has 1 aromatic carbocycles. The van der Waals surface area contributed by atoms with Crippen molar-refractivity contribution in [3.8, 4) is 17.5 Å². The molecule has 5 nitrogen and oxygen atoms in total. The van der Waals surface area contributed by atoms with Gasteiger partial charge in [-0.1, -0.05) is 23.5 Å². The maximum Gasteiger partial charge on any atom is 0.205 e. The quantitative estimate of drug-likeness (QED) is 0.749. The number of anilines is 1. The molecule has 0 aliphatic rings. The normalized spacial score (nSPS) is 10.2. The molecule has 3 aromatic rings. The number of nitrogen functional groups attached to an aromatic ring is 1. The topological polar surface area (TPSA) is 92.9 Å². The SMILES string of the molecule is N#Cc1cccc(C(=O)c2sc(N)nc2-c2ccco2)c1. The van der Waals surface area contributed by atoms with Crippen molar-refractivity contribution in [1.82, 2.24) is 4.98 Å². The van der Waals surface area contributed by atoms with Crippen LogP contribution in [0.2, 0.25) is 0 Å². The number of hydrogen-bond acceptors (Lipinski definition) is 6. The van der Waals surface area contributed by atoms with Crippen molar-refractivity contribution in [1.29, 1.82) is 5.26 Å². The number of benzene rings is 1. The van der Waals surface area contributed by atoms with Crippen molar-refractivity contribution < 1.29 is 9.21 Å². The molecule has 0 radical (unpaired) electrons. The Morgan fingerprint density at radius 3 is 2.90 bits per heavy atom. The molecular weight excluding hydrogens is 286 g/mol. The lowest BCUT2D eigenvalue weighted by atomic mass is 10.1. The van der Waals surface area contributed by atoms with Crippen LogP contribution < -0.4 is 5.73 Å². The lowest BCUT2D eigenvalue weighted by molar-refractivity contribution is 0.104. The van der Waals surface area contributed by atoms with Gasteiger partial charge in [0, 0.05) is 5.56 Å². The summed E-state index contributed by atoms with van der Waals surface area (Å²) in [6.07, 6.45) is 1.51. The number of rotatable bonds is 3. The minimum atomic E-state index is -0.229. The van der Waals surface area contributed by atoms with E-state index in [0.717, 1.165) is 11.3 Å². The molecule has 3 rings (SSSR count). The van der Waals surface area contributed by atoms with E-state index in [9.17, 15) is 4.79 Å². The average molecular weight is 295 g/mol. The zero-order valence-corrected chi connectivity index (χ0v) is 11.6. The number of carbonyl (C=O) groups excluding carboxylic acids is 1. The Kier molecular flexibility index (Phi) is 3.26. The van der Waals surface area contributed by atoms with Gasteiger partial charge in [-0.15, -0.1) is 0 Å². The van der Waals surface area contributed by atoms with Crippen molar-refractivity contribution in [3.05, 3.63) is 58.7 Å². The van der Waals surface area contributed by atoms with Crippen LogP contribution in [0, 0.1) is 11.3 Å². The Bertz CT molecular complexity index is 844. The highest BCUT2D eigenvalue weighted by atomic mass is 32.1. The Morgan fingerprint density at radius 2 is 2.19 bits per heavy atom. The lowest BCUT2D eigenvalue weighted by Crippen LogP contribution is -2.01. The van der Waals surface area contributed by atoms with E-state index in [-0.39, 0.29) is 5.78 Å². The van der Waals surface area contributed by atoms with Gasteiger partial charge in [0.2, 0.25) is 5.78 Å². The van der Waals surface area contributed by atoms with Gasteiger partial charge >= 0.3 is 0 Å². The molecule has 6 heteroatoms. The highest BCUT2D eigenvalue weighted by molar-refractivity contribution is 7.18. The number of hydrogen-bond donors (Lipinski definition) is 1. The number of nitriles is 1. The third-order valence-corrected chi connectivity index (χ3v) is 3.74. The number of nitrogens with zero attached hydrogens (tertiary/aromatic N) is 2. The van der Waals surface area contributed by atoms with Gasteiger partial charge in [-0.05, 0) is 24.3 Å². The predicted octanol–water partition coefficient (Wildman–Crippen LogP) is 3.09. The van der Waals surface area contributed by atoms with E-state index < -0.39 is 0 Å². The van der Waals surface area contributed by atoms with E-state index in [0.29, 0.717) is 32.6 Å². The third kappa shape index (κ3) is 2.42. The first-order valence-electron chi connectivity index (χ1n) is 6.04. The molecule has 0 aliphatic carbocycles. The Balaban J connectivity index is 2.08. The van der Waals surface area contributed by atoms with Gasteiger partial charge < -0.3 is 10.2 Å².